The van der Waals surface area contributed by atoms with Gasteiger partial charge in [-0.3, -0.25) is 0 Å². The molecule has 0 amide bonds. The van der Waals surface area contributed by atoms with E-state index in [2.05, 4.69) is 11.4 Å². The van der Waals surface area contributed by atoms with Crippen molar-refractivity contribution in [3.8, 4) is 0 Å². The maximum Gasteiger partial charge on any atom is 0.121 e. The normalized spacial score (nSPS) is 22.6. The summed E-state index contributed by atoms with van der Waals surface area (Å²) in [6, 6.07) is 4.41. The molecule has 1 aliphatic heterocycles. The highest BCUT2D eigenvalue weighted by molar-refractivity contribution is 5.09. The van der Waals surface area contributed by atoms with Gasteiger partial charge in [0.05, 0.1) is 12.1 Å². The van der Waals surface area contributed by atoms with Crippen molar-refractivity contribution in [1.29, 1.82) is 0 Å². The zero-order chi connectivity index (χ0) is 12.1. The molecular weight excluding hydrogens is 214 g/mol. The fourth-order valence-corrected chi connectivity index (χ4v) is 2.46. The third kappa shape index (κ3) is 3.58. The minimum Gasteiger partial charge on any atom is -0.465 e. The van der Waals surface area contributed by atoms with Crippen LogP contribution in [0.25, 0.3) is 0 Å². The number of ether oxygens (including phenoxy) is 1. The predicted octanol–water partition coefficient (Wildman–Crippen LogP) is 3.20. The maximum absolute atomic E-state index is 5.76. The van der Waals surface area contributed by atoms with Gasteiger partial charge in [0.1, 0.15) is 11.5 Å². The summed E-state index contributed by atoms with van der Waals surface area (Å²) in [5.41, 5.74) is 0. The molecule has 2 unspecified atom stereocenters. The van der Waals surface area contributed by atoms with Crippen molar-refractivity contribution in [3.05, 3.63) is 23.7 Å². The van der Waals surface area contributed by atoms with Gasteiger partial charge >= 0.3 is 0 Å². The molecule has 1 N–H and O–H groups in total. The molecule has 1 saturated heterocycles. The third-order valence-electron chi connectivity index (χ3n) is 3.50. The number of hydrogen-bond acceptors (Lipinski definition) is 3. The second-order valence-corrected chi connectivity index (χ2v) is 4.86. The predicted molar refractivity (Wildman–Crippen MR) is 68.1 cm³/mol. The van der Waals surface area contributed by atoms with E-state index in [0.717, 1.165) is 31.0 Å². The molecule has 1 fully saturated rings. The molecule has 0 aliphatic carbocycles. The highest BCUT2D eigenvalue weighted by Crippen LogP contribution is 2.24. The van der Waals surface area contributed by atoms with E-state index in [1.165, 1.54) is 19.3 Å². The van der Waals surface area contributed by atoms with Crippen molar-refractivity contribution >= 4 is 0 Å². The molecule has 2 heterocycles. The van der Waals surface area contributed by atoms with Crippen LogP contribution >= 0.6 is 0 Å². The van der Waals surface area contributed by atoms with Crippen LogP contribution in [0, 0.1) is 6.92 Å². The maximum atomic E-state index is 5.76. The highest BCUT2D eigenvalue weighted by atomic mass is 16.5. The van der Waals surface area contributed by atoms with Gasteiger partial charge in [-0.05, 0) is 58.2 Å². The summed E-state index contributed by atoms with van der Waals surface area (Å²) in [7, 11) is 1.99. The van der Waals surface area contributed by atoms with Crippen molar-refractivity contribution in [3.63, 3.8) is 0 Å². The van der Waals surface area contributed by atoms with Crippen LogP contribution in [0.3, 0.4) is 0 Å². The molecule has 2 rings (SSSR count). The summed E-state index contributed by atoms with van der Waals surface area (Å²) >= 11 is 0. The van der Waals surface area contributed by atoms with Crippen LogP contribution in [0.15, 0.2) is 16.5 Å². The van der Waals surface area contributed by atoms with Gasteiger partial charge in [0.2, 0.25) is 0 Å². The number of rotatable bonds is 5. The van der Waals surface area contributed by atoms with Gasteiger partial charge < -0.3 is 14.5 Å². The molecule has 0 radical (unpaired) electrons. The van der Waals surface area contributed by atoms with Gasteiger partial charge in [-0.15, -0.1) is 0 Å². The Kier molecular flexibility index (Phi) is 4.63. The van der Waals surface area contributed by atoms with E-state index in [1.807, 2.05) is 20.0 Å². The van der Waals surface area contributed by atoms with Gasteiger partial charge in [0.25, 0.3) is 0 Å². The summed E-state index contributed by atoms with van der Waals surface area (Å²) in [6.45, 7) is 2.93. The van der Waals surface area contributed by atoms with Crippen molar-refractivity contribution < 1.29 is 9.15 Å². The number of hydrogen-bond donors (Lipinski definition) is 1. The Hall–Kier alpha value is -0.800. The lowest BCUT2D eigenvalue weighted by atomic mass is 10.0. The fraction of sp³-hybridized carbons (Fsp3) is 0.714. The summed E-state index contributed by atoms with van der Waals surface area (Å²) in [5, 5.41) is 3.32. The Morgan fingerprint density at radius 2 is 2.29 bits per heavy atom. The van der Waals surface area contributed by atoms with Gasteiger partial charge in [0.15, 0.2) is 0 Å². The van der Waals surface area contributed by atoms with E-state index in [1.54, 1.807) is 0 Å². The molecular formula is C14H23NO2. The lowest BCUT2D eigenvalue weighted by molar-refractivity contribution is 0.00833. The second-order valence-electron chi connectivity index (χ2n) is 4.86. The summed E-state index contributed by atoms with van der Waals surface area (Å²) in [5.74, 6) is 2.02. The summed E-state index contributed by atoms with van der Waals surface area (Å²) in [4.78, 5) is 0. The standard InChI is InChI=1S/C14H23NO2/c1-11-6-9-14(17-11)13(15-2)8-7-12-5-3-4-10-16-12/h6,9,12-13,15H,3-5,7-8,10H2,1-2H3. The first-order valence-corrected chi connectivity index (χ1v) is 6.65. The van der Waals surface area contributed by atoms with Crippen LogP contribution in [-0.4, -0.2) is 19.8 Å². The minimum atomic E-state index is 0.314. The second kappa shape index (κ2) is 6.22. The third-order valence-corrected chi connectivity index (χ3v) is 3.50. The average Bonchev–Trinajstić information content (AvgIpc) is 2.78. The van der Waals surface area contributed by atoms with Gasteiger partial charge in [-0.2, -0.15) is 0 Å². The van der Waals surface area contributed by atoms with E-state index in [-0.39, 0.29) is 0 Å². The highest BCUT2D eigenvalue weighted by Gasteiger charge is 2.18. The van der Waals surface area contributed by atoms with E-state index >= 15 is 0 Å². The van der Waals surface area contributed by atoms with Gasteiger partial charge in [-0.25, -0.2) is 0 Å². The molecule has 1 aromatic rings. The average molecular weight is 237 g/mol. The number of furan rings is 1. The first-order chi connectivity index (χ1) is 8.29. The van der Waals surface area contributed by atoms with E-state index in [9.17, 15) is 0 Å². The Bertz CT molecular complexity index is 329. The fourth-order valence-electron chi connectivity index (χ4n) is 2.46. The molecule has 0 aromatic carbocycles. The number of nitrogens with one attached hydrogen (secondary N) is 1. The van der Waals surface area contributed by atoms with Crippen LogP contribution < -0.4 is 5.32 Å². The van der Waals surface area contributed by atoms with Crippen LogP contribution in [0.2, 0.25) is 0 Å². The Labute approximate surface area is 104 Å². The molecule has 1 aliphatic rings. The quantitative estimate of drug-likeness (QED) is 0.854. The topological polar surface area (TPSA) is 34.4 Å². The van der Waals surface area contributed by atoms with E-state index in [0.29, 0.717) is 12.1 Å². The molecule has 3 nitrogen and oxygen atoms in total. The van der Waals surface area contributed by atoms with Crippen LogP contribution in [0.5, 0.6) is 0 Å². The Morgan fingerprint density at radius 3 is 2.88 bits per heavy atom. The SMILES string of the molecule is CNC(CCC1CCCCO1)c1ccc(C)o1. The van der Waals surface area contributed by atoms with E-state index in [4.69, 9.17) is 9.15 Å². The van der Waals surface area contributed by atoms with Gasteiger partial charge in [0, 0.05) is 6.61 Å². The molecule has 2 atom stereocenters. The monoisotopic (exact) mass is 237 g/mol. The summed E-state index contributed by atoms with van der Waals surface area (Å²) < 4.78 is 11.4. The Morgan fingerprint density at radius 1 is 1.41 bits per heavy atom. The first kappa shape index (κ1) is 12.7. The summed E-state index contributed by atoms with van der Waals surface area (Å²) in [6.07, 6.45) is 6.40. The molecule has 0 bridgehead atoms. The van der Waals surface area contributed by atoms with Crippen molar-refractivity contribution in [1.82, 2.24) is 5.32 Å². The minimum absolute atomic E-state index is 0.314. The molecule has 0 spiro atoms. The van der Waals surface area contributed by atoms with Crippen molar-refractivity contribution in [2.75, 3.05) is 13.7 Å². The molecule has 3 heteroatoms. The zero-order valence-corrected chi connectivity index (χ0v) is 10.9. The number of aryl methyl sites for hydroxylation is 1. The van der Waals surface area contributed by atoms with E-state index < -0.39 is 0 Å². The lowest BCUT2D eigenvalue weighted by Crippen LogP contribution is -2.22. The lowest BCUT2D eigenvalue weighted by Gasteiger charge is -2.24. The van der Waals surface area contributed by atoms with Crippen LogP contribution in [-0.2, 0) is 4.74 Å². The van der Waals surface area contributed by atoms with Crippen molar-refractivity contribution in [2.45, 2.75) is 51.2 Å². The molecule has 96 valence electrons. The molecule has 17 heavy (non-hydrogen) atoms. The van der Waals surface area contributed by atoms with Crippen LogP contribution in [0.4, 0.5) is 0 Å². The smallest absolute Gasteiger partial charge is 0.121 e. The zero-order valence-electron chi connectivity index (χ0n) is 10.9. The largest absolute Gasteiger partial charge is 0.465 e. The first-order valence-electron chi connectivity index (χ1n) is 6.65. The molecule has 1 aromatic heterocycles. The Balaban J connectivity index is 1.82. The van der Waals surface area contributed by atoms with Crippen LogP contribution in [0.1, 0.15) is 49.7 Å². The van der Waals surface area contributed by atoms with Crippen molar-refractivity contribution in [2.24, 2.45) is 0 Å². The van der Waals surface area contributed by atoms with Gasteiger partial charge in [-0.1, -0.05) is 0 Å². The molecule has 0 saturated carbocycles.